The minimum Gasteiger partial charge on any atom is -0.454 e. The van der Waals surface area contributed by atoms with Gasteiger partial charge < -0.3 is 15.3 Å². The third-order valence-corrected chi connectivity index (χ3v) is 4.90. The maximum atomic E-state index is 12.3. The minimum atomic E-state index is -0.301. The maximum absolute atomic E-state index is 12.3. The maximum Gasteiger partial charge on any atom is 0.280 e. The Bertz CT molecular complexity index is 1010. The summed E-state index contributed by atoms with van der Waals surface area (Å²) in [5.41, 5.74) is 1.25. The molecule has 0 atom stereocenters. The summed E-state index contributed by atoms with van der Waals surface area (Å²) < 4.78 is 11.7. The average Bonchev–Trinajstić information content (AvgIpc) is 3.04. The van der Waals surface area contributed by atoms with Crippen LogP contribution in [0.25, 0.3) is 10.9 Å². The van der Waals surface area contributed by atoms with Gasteiger partial charge in [-0.15, -0.1) is 0 Å². The van der Waals surface area contributed by atoms with E-state index in [1.807, 2.05) is 18.2 Å². The lowest BCUT2D eigenvalue weighted by atomic mass is 10.2. The lowest BCUT2D eigenvalue weighted by Gasteiger charge is -2.09. The molecule has 122 valence electrons. The zero-order valence-corrected chi connectivity index (χ0v) is 13.9. The fourth-order valence-corrected chi connectivity index (χ4v) is 3.46. The number of benzene rings is 2. The van der Waals surface area contributed by atoms with E-state index in [0.29, 0.717) is 26.8 Å². The fourth-order valence-electron chi connectivity index (χ4n) is 2.43. The minimum absolute atomic E-state index is 0.237. The van der Waals surface area contributed by atoms with E-state index in [0.717, 1.165) is 21.7 Å². The number of rotatable bonds is 3. The highest BCUT2D eigenvalue weighted by molar-refractivity contribution is 7.98. The predicted octanol–water partition coefficient (Wildman–Crippen LogP) is 2.78. The third kappa shape index (κ3) is 2.65. The van der Waals surface area contributed by atoms with Crippen LogP contribution >= 0.6 is 23.4 Å². The molecule has 4 rings (SSSR count). The lowest BCUT2D eigenvalue weighted by molar-refractivity contribution is 0.174. The molecule has 0 fully saturated rings. The summed E-state index contributed by atoms with van der Waals surface area (Å²) in [5, 5.41) is 1.39. The van der Waals surface area contributed by atoms with Gasteiger partial charge in [0, 0.05) is 10.8 Å². The van der Waals surface area contributed by atoms with Crippen molar-refractivity contribution < 1.29 is 9.47 Å². The monoisotopic (exact) mass is 361 g/mol. The SMILES string of the molecule is Nn1c(SCc2ccc3c(c2)OCO3)nc2cc(Cl)ccc2c1=O. The molecular formula is C16H12ClN3O3S. The molecule has 2 heterocycles. The molecule has 1 aromatic heterocycles. The molecule has 6 nitrogen and oxygen atoms in total. The predicted molar refractivity (Wildman–Crippen MR) is 93.3 cm³/mol. The quantitative estimate of drug-likeness (QED) is 0.439. The lowest BCUT2D eigenvalue weighted by Crippen LogP contribution is -2.29. The first kappa shape index (κ1) is 15.2. The van der Waals surface area contributed by atoms with Crippen LogP contribution in [0, 0.1) is 0 Å². The van der Waals surface area contributed by atoms with Crippen LogP contribution in [0.15, 0.2) is 46.3 Å². The van der Waals surface area contributed by atoms with Crippen LogP contribution in [0.1, 0.15) is 5.56 Å². The van der Waals surface area contributed by atoms with Gasteiger partial charge in [0.1, 0.15) is 0 Å². The molecule has 0 saturated carbocycles. The molecule has 1 aliphatic rings. The highest BCUT2D eigenvalue weighted by Crippen LogP contribution is 2.34. The van der Waals surface area contributed by atoms with Gasteiger partial charge in [-0.3, -0.25) is 4.79 Å². The first-order valence-corrected chi connectivity index (χ1v) is 8.47. The van der Waals surface area contributed by atoms with Crippen LogP contribution < -0.4 is 20.9 Å². The van der Waals surface area contributed by atoms with Crippen molar-refractivity contribution in [3.05, 3.63) is 57.3 Å². The van der Waals surface area contributed by atoms with E-state index >= 15 is 0 Å². The summed E-state index contributed by atoms with van der Waals surface area (Å²) in [4.78, 5) is 16.8. The van der Waals surface area contributed by atoms with Gasteiger partial charge in [-0.05, 0) is 35.9 Å². The summed E-state index contributed by atoms with van der Waals surface area (Å²) in [6, 6.07) is 10.6. The van der Waals surface area contributed by atoms with E-state index in [9.17, 15) is 4.79 Å². The topological polar surface area (TPSA) is 79.4 Å². The van der Waals surface area contributed by atoms with E-state index in [2.05, 4.69) is 4.98 Å². The van der Waals surface area contributed by atoms with E-state index in [-0.39, 0.29) is 12.4 Å². The number of ether oxygens (including phenoxy) is 2. The molecule has 0 bridgehead atoms. The normalized spacial score (nSPS) is 12.7. The van der Waals surface area contributed by atoms with Crippen LogP contribution in [0.2, 0.25) is 5.02 Å². The fraction of sp³-hybridized carbons (Fsp3) is 0.125. The number of halogens is 1. The van der Waals surface area contributed by atoms with Gasteiger partial charge in [-0.25, -0.2) is 9.66 Å². The van der Waals surface area contributed by atoms with Crippen molar-refractivity contribution in [1.82, 2.24) is 9.66 Å². The number of hydrogen-bond donors (Lipinski definition) is 1. The summed E-state index contributed by atoms with van der Waals surface area (Å²) in [6.45, 7) is 0.237. The molecule has 0 unspecified atom stereocenters. The van der Waals surface area contributed by atoms with E-state index in [1.165, 1.54) is 11.8 Å². The molecule has 3 aromatic rings. The van der Waals surface area contributed by atoms with Crippen molar-refractivity contribution >= 4 is 34.3 Å². The molecular weight excluding hydrogens is 350 g/mol. The Morgan fingerprint density at radius 1 is 1.21 bits per heavy atom. The first-order chi connectivity index (χ1) is 11.6. The van der Waals surface area contributed by atoms with Crippen LogP contribution in [0.4, 0.5) is 0 Å². The number of nitrogens with zero attached hydrogens (tertiary/aromatic N) is 2. The Morgan fingerprint density at radius 3 is 2.92 bits per heavy atom. The second kappa shape index (κ2) is 5.92. The third-order valence-electron chi connectivity index (χ3n) is 3.64. The van der Waals surface area contributed by atoms with E-state index < -0.39 is 0 Å². The Kier molecular flexibility index (Phi) is 3.74. The van der Waals surface area contributed by atoms with Gasteiger partial charge in [0.15, 0.2) is 16.7 Å². The number of thioether (sulfide) groups is 1. The average molecular weight is 362 g/mol. The molecule has 0 radical (unpaired) electrons. The van der Waals surface area contributed by atoms with Crippen LogP contribution in [-0.4, -0.2) is 16.5 Å². The van der Waals surface area contributed by atoms with Gasteiger partial charge in [0.25, 0.3) is 5.56 Å². The van der Waals surface area contributed by atoms with Gasteiger partial charge >= 0.3 is 0 Å². The molecule has 1 aliphatic heterocycles. The molecule has 2 N–H and O–H groups in total. The van der Waals surface area contributed by atoms with Crippen molar-refractivity contribution in [2.24, 2.45) is 0 Å². The van der Waals surface area contributed by atoms with Gasteiger partial charge in [-0.2, -0.15) is 0 Å². The number of aromatic nitrogens is 2. The van der Waals surface area contributed by atoms with Crippen molar-refractivity contribution in [2.45, 2.75) is 10.9 Å². The summed E-state index contributed by atoms with van der Waals surface area (Å²) in [5.74, 6) is 7.93. The summed E-state index contributed by atoms with van der Waals surface area (Å²) in [6.07, 6.45) is 0. The first-order valence-electron chi connectivity index (χ1n) is 7.10. The molecule has 0 amide bonds. The number of fused-ring (bicyclic) bond motifs is 2. The Balaban J connectivity index is 1.64. The molecule has 0 saturated heterocycles. The van der Waals surface area contributed by atoms with Crippen LogP contribution in [0.3, 0.4) is 0 Å². The number of hydrogen-bond acceptors (Lipinski definition) is 6. The zero-order valence-electron chi connectivity index (χ0n) is 12.4. The molecule has 2 aromatic carbocycles. The highest BCUT2D eigenvalue weighted by atomic mass is 35.5. The van der Waals surface area contributed by atoms with Crippen molar-refractivity contribution in [3.8, 4) is 11.5 Å². The molecule has 0 spiro atoms. The van der Waals surface area contributed by atoms with Crippen molar-refractivity contribution in [3.63, 3.8) is 0 Å². The molecule has 8 heteroatoms. The van der Waals surface area contributed by atoms with Crippen LogP contribution in [-0.2, 0) is 5.75 Å². The molecule has 24 heavy (non-hydrogen) atoms. The largest absolute Gasteiger partial charge is 0.454 e. The Morgan fingerprint density at radius 2 is 2.04 bits per heavy atom. The van der Waals surface area contributed by atoms with Gasteiger partial charge in [0.2, 0.25) is 6.79 Å². The van der Waals surface area contributed by atoms with E-state index in [1.54, 1.807) is 18.2 Å². The van der Waals surface area contributed by atoms with Crippen molar-refractivity contribution in [2.75, 3.05) is 12.6 Å². The number of nitrogens with two attached hydrogens (primary N) is 1. The van der Waals surface area contributed by atoms with Gasteiger partial charge in [-0.1, -0.05) is 29.4 Å². The highest BCUT2D eigenvalue weighted by Gasteiger charge is 2.14. The van der Waals surface area contributed by atoms with Crippen LogP contribution in [0.5, 0.6) is 11.5 Å². The van der Waals surface area contributed by atoms with E-state index in [4.69, 9.17) is 26.9 Å². The Labute approximate surface area is 146 Å². The second-order valence-corrected chi connectivity index (χ2v) is 6.59. The zero-order chi connectivity index (χ0) is 16.7. The summed E-state index contributed by atoms with van der Waals surface area (Å²) in [7, 11) is 0. The second-order valence-electron chi connectivity index (χ2n) is 5.21. The standard InChI is InChI=1S/C16H12ClN3O3S/c17-10-2-3-11-12(6-10)19-16(20(18)15(11)21)24-7-9-1-4-13-14(5-9)23-8-22-13/h1-6H,7-8,18H2. The summed E-state index contributed by atoms with van der Waals surface area (Å²) >= 11 is 7.35. The molecule has 0 aliphatic carbocycles. The smallest absolute Gasteiger partial charge is 0.280 e. The Hall–Kier alpha value is -2.38. The van der Waals surface area contributed by atoms with Crippen molar-refractivity contribution in [1.29, 1.82) is 0 Å². The number of nitrogen functional groups attached to an aromatic ring is 1. The van der Waals surface area contributed by atoms with Gasteiger partial charge in [0.05, 0.1) is 10.9 Å².